The lowest BCUT2D eigenvalue weighted by Gasteiger charge is -2.26. The van der Waals surface area contributed by atoms with E-state index < -0.39 is 20.0 Å². The van der Waals surface area contributed by atoms with Crippen LogP contribution in [0.4, 0.5) is 0 Å². The first-order valence-electron chi connectivity index (χ1n) is 5.53. The third kappa shape index (κ3) is 5.81. The number of halogens is 1. The predicted octanol–water partition coefficient (Wildman–Crippen LogP) is -1.42. The summed E-state index contributed by atoms with van der Waals surface area (Å²) in [4.78, 5) is 0. The van der Waals surface area contributed by atoms with Crippen LogP contribution in [0.3, 0.4) is 0 Å². The van der Waals surface area contributed by atoms with Crippen molar-refractivity contribution in [3.63, 3.8) is 0 Å². The molecule has 0 aromatic rings. The van der Waals surface area contributed by atoms with Crippen molar-refractivity contribution < 1.29 is 16.8 Å². The fourth-order valence-corrected chi connectivity index (χ4v) is 3.58. The van der Waals surface area contributed by atoms with Crippen LogP contribution < -0.4 is 10.0 Å². The van der Waals surface area contributed by atoms with Crippen molar-refractivity contribution in [1.82, 2.24) is 14.3 Å². The quantitative estimate of drug-likeness (QED) is 0.626. The molecule has 0 saturated carbocycles. The second-order valence-corrected chi connectivity index (χ2v) is 7.95. The zero-order valence-electron chi connectivity index (χ0n) is 10.3. The average Bonchev–Trinajstić information content (AvgIpc) is 2.30. The third-order valence-corrected chi connectivity index (χ3v) is 5.81. The first kappa shape index (κ1) is 18.1. The molecule has 7 nitrogen and oxygen atoms in total. The van der Waals surface area contributed by atoms with Crippen LogP contribution >= 0.6 is 12.4 Å². The van der Waals surface area contributed by atoms with E-state index in [9.17, 15) is 16.8 Å². The van der Waals surface area contributed by atoms with E-state index in [0.29, 0.717) is 26.2 Å². The second-order valence-electron chi connectivity index (χ2n) is 3.76. The van der Waals surface area contributed by atoms with Crippen LogP contribution in [-0.2, 0) is 20.0 Å². The van der Waals surface area contributed by atoms with Crippen LogP contribution in [0.1, 0.15) is 6.92 Å². The molecule has 1 rings (SSSR count). The fraction of sp³-hybridized carbons (Fsp3) is 1.00. The van der Waals surface area contributed by atoms with Gasteiger partial charge in [0, 0.05) is 32.7 Å². The van der Waals surface area contributed by atoms with E-state index in [0.717, 1.165) is 0 Å². The van der Waals surface area contributed by atoms with Crippen molar-refractivity contribution in [1.29, 1.82) is 0 Å². The molecule has 10 heteroatoms. The maximum Gasteiger partial charge on any atom is 0.215 e. The van der Waals surface area contributed by atoms with Crippen molar-refractivity contribution in [3.8, 4) is 0 Å². The highest BCUT2D eigenvalue weighted by Gasteiger charge is 2.23. The fourth-order valence-electron chi connectivity index (χ4n) is 1.48. The Morgan fingerprint density at radius 3 is 2.22 bits per heavy atom. The minimum absolute atomic E-state index is 0. The number of nitrogens with one attached hydrogen (secondary N) is 2. The Kier molecular flexibility index (Phi) is 7.64. The van der Waals surface area contributed by atoms with E-state index in [1.807, 2.05) is 0 Å². The molecule has 1 aliphatic heterocycles. The SMILES string of the molecule is CCS(=O)(=O)NCCS(=O)(=O)N1CCNCC1.Cl. The third-order valence-electron chi connectivity index (χ3n) is 2.53. The van der Waals surface area contributed by atoms with E-state index in [1.165, 1.54) is 11.2 Å². The van der Waals surface area contributed by atoms with Gasteiger partial charge in [-0.1, -0.05) is 0 Å². The summed E-state index contributed by atoms with van der Waals surface area (Å²) in [7, 11) is -6.67. The molecule has 1 saturated heterocycles. The number of nitrogens with zero attached hydrogens (tertiary/aromatic N) is 1. The van der Waals surface area contributed by atoms with Crippen LogP contribution in [0.2, 0.25) is 0 Å². The number of hydrogen-bond acceptors (Lipinski definition) is 5. The molecule has 2 N–H and O–H groups in total. The van der Waals surface area contributed by atoms with Crippen LogP contribution in [0.15, 0.2) is 0 Å². The molecule has 0 amide bonds. The van der Waals surface area contributed by atoms with Crippen molar-refractivity contribution in [3.05, 3.63) is 0 Å². The van der Waals surface area contributed by atoms with E-state index >= 15 is 0 Å². The maximum atomic E-state index is 11.8. The molecule has 1 fully saturated rings. The lowest BCUT2D eigenvalue weighted by molar-refractivity contribution is 0.360. The standard InChI is InChI=1S/C8H19N3O4S2.ClH/c1-2-16(12,13)10-5-8-17(14,15)11-6-3-9-4-7-11;/h9-10H,2-8H2,1H3;1H. The van der Waals surface area contributed by atoms with Crippen LogP contribution in [-0.4, -0.2) is 65.4 Å². The molecule has 0 aromatic heterocycles. The Bertz CT molecular complexity index is 431. The van der Waals surface area contributed by atoms with Gasteiger partial charge in [0.1, 0.15) is 0 Å². The summed E-state index contributed by atoms with van der Waals surface area (Å²) in [5.74, 6) is -0.229. The summed E-state index contributed by atoms with van der Waals surface area (Å²) in [6.07, 6.45) is 0. The summed E-state index contributed by atoms with van der Waals surface area (Å²) in [6, 6.07) is 0. The number of piperazine rings is 1. The highest BCUT2D eigenvalue weighted by atomic mass is 35.5. The zero-order valence-corrected chi connectivity index (χ0v) is 12.7. The van der Waals surface area contributed by atoms with Gasteiger partial charge in [-0.25, -0.2) is 21.6 Å². The van der Waals surface area contributed by atoms with Gasteiger partial charge in [0.05, 0.1) is 11.5 Å². The predicted molar refractivity (Wildman–Crippen MR) is 72.9 cm³/mol. The summed E-state index contributed by atoms with van der Waals surface area (Å²) < 4.78 is 49.6. The normalized spacial score (nSPS) is 18.3. The van der Waals surface area contributed by atoms with Gasteiger partial charge in [-0.3, -0.25) is 0 Å². The molecule has 0 radical (unpaired) electrons. The Morgan fingerprint density at radius 2 is 1.72 bits per heavy atom. The molecule has 0 atom stereocenters. The van der Waals surface area contributed by atoms with E-state index in [1.54, 1.807) is 0 Å². The largest absolute Gasteiger partial charge is 0.314 e. The molecule has 0 spiro atoms. The van der Waals surface area contributed by atoms with Crippen molar-refractivity contribution >= 4 is 32.5 Å². The molecular formula is C8H20ClN3O4S2. The topological polar surface area (TPSA) is 95.6 Å². The molecule has 110 valence electrons. The summed E-state index contributed by atoms with van der Waals surface area (Å²) in [5.41, 5.74) is 0. The average molecular weight is 322 g/mol. The second kappa shape index (κ2) is 7.61. The lowest BCUT2D eigenvalue weighted by Crippen LogP contribution is -2.48. The van der Waals surface area contributed by atoms with Gasteiger partial charge in [0.2, 0.25) is 20.0 Å². The molecule has 18 heavy (non-hydrogen) atoms. The van der Waals surface area contributed by atoms with Gasteiger partial charge in [-0.15, -0.1) is 12.4 Å². The molecular weight excluding hydrogens is 302 g/mol. The minimum atomic E-state index is -3.35. The van der Waals surface area contributed by atoms with E-state index in [2.05, 4.69) is 10.0 Å². The molecule has 0 unspecified atom stereocenters. The van der Waals surface area contributed by atoms with Gasteiger partial charge in [0.25, 0.3) is 0 Å². The van der Waals surface area contributed by atoms with E-state index in [4.69, 9.17) is 0 Å². The Hall–Kier alpha value is 0.0700. The van der Waals surface area contributed by atoms with Crippen LogP contribution in [0, 0.1) is 0 Å². The number of sulfonamides is 2. The molecule has 1 aliphatic rings. The van der Waals surface area contributed by atoms with Crippen LogP contribution in [0.5, 0.6) is 0 Å². The Labute approximate surface area is 115 Å². The van der Waals surface area contributed by atoms with Gasteiger partial charge in [-0.2, -0.15) is 4.31 Å². The Morgan fingerprint density at radius 1 is 1.17 bits per heavy atom. The molecule has 0 aromatic carbocycles. The lowest BCUT2D eigenvalue weighted by atomic mass is 10.4. The summed E-state index contributed by atoms with van der Waals surface area (Å²) in [6.45, 7) is 3.61. The highest BCUT2D eigenvalue weighted by Crippen LogP contribution is 2.02. The molecule has 0 aliphatic carbocycles. The first-order chi connectivity index (χ1) is 7.87. The number of hydrogen-bond donors (Lipinski definition) is 2. The van der Waals surface area contributed by atoms with E-state index in [-0.39, 0.29) is 30.5 Å². The highest BCUT2D eigenvalue weighted by molar-refractivity contribution is 7.90. The minimum Gasteiger partial charge on any atom is -0.314 e. The van der Waals surface area contributed by atoms with Gasteiger partial charge < -0.3 is 5.32 Å². The smallest absolute Gasteiger partial charge is 0.215 e. The van der Waals surface area contributed by atoms with Crippen LogP contribution in [0.25, 0.3) is 0 Å². The van der Waals surface area contributed by atoms with Crippen molar-refractivity contribution in [2.45, 2.75) is 6.92 Å². The van der Waals surface area contributed by atoms with Gasteiger partial charge in [-0.05, 0) is 6.92 Å². The Balaban J connectivity index is 0.00000289. The summed E-state index contributed by atoms with van der Waals surface area (Å²) >= 11 is 0. The van der Waals surface area contributed by atoms with Gasteiger partial charge in [0.15, 0.2) is 0 Å². The monoisotopic (exact) mass is 321 g/mol. The van der Waals surface area contributed by atoms with Crippen molar-refractivity contribution in [2.24, 2.45) is 0 Å². The van der Waals surface area contributed by atoms with Crippen molar-refractivity contribution in [2.75, 3.05) is 44.2 Å². The molecule has 1 heterocycles. The first-order valence-corrected chi connectivity index (χ1v) is 8.79. The van der Waals surface area contributed by atoms with Gasteiger partial charge >= 0.3 is 0 Å². The maximum absolute atomic E-state index is 11.8. The number of rotatable bonds is 6. The molecule has 0 bridgehead atoms. The zero-order chi connectivity index (χ0) is 12.9. The summed E-state index contributed by atoms with van der Waals surface area (Å²) in [5, 5.41) is 3.06.